The van der Waals surface area contributed by atoms with Gasteiger partial charge in [-0.25, -0.2) is 9.97 Å². The minimum absolute atomic E-state index is 0.124. The smallest absolute Gasteiger partial charge is 0.160 e. The zero-order valence-electron chi connectivity index (χ0n) is 25.7. The Balaban J connectivity index is 1.25. The molecule has 9 rings (SSSR count). The Hall–Kier alpha value is -5.38. The molecular weight excluding hydrogens is 577 g/mol. The highest BCUT2D eigenvalue weighted by molar-refractivity contribution is 7.22. The van der Waals surface area contributed by atoms with Crippen LogP contribution < -0.4 is 0 Å². The monoisotopic (exact) mass is 606 g/mol. The third-order valence-electron chi connectivity index (χ3n) is 9.47. The van der Waals surface area contributed by atoms with Gasteiger partial charge in [0.25, 0.3) is 0 Å². The van der Waals surface area contributed by atoms with Crippen LogP contribution in [0.1, 0.15) is 25.0 Å². The van der Waals surface area contributed by atoms with E-state index in [-0.39, 0.29) is 5.41 Å². The zero-order chi connectivity index (χ0) is 30.8. The van der Waals surface area contributed by atoms with Crippen molar-refractivity contribution in [3.05, 3.63) is 157 Å². The molecule has 2 nitrogen and oxygen atoms in total. The molecule has 0 amide bonds. The molecule has 218 valence electrons. The van der Waals surface area contributed by atoms with Gasteiger partial charge >= 0.3 is 0 Å². The quantitative estimate of drug-likeness (QED) is 0.199. The van der Waals surface area contributed by atoms with E-state index < -0.39 is 0 Å². The van der Waals surface area contributed by atoms with Gasteiger partial charge in [0.1, 0.15) is 0 Å². The van der Waals surface area contributed by atoms with Gasteiger partial charge in [0.05, 0.1) is 11.4 Å². The average molecular weight is 607 g/mol. The highest BCUT2D eigenvalue weighted by atomic mass is 32.1. The fourth-order valence-electron chi connectivity index (χ4n) is 7.09. The molecule has 8 aromatic rings. The van der Waals surface area contributed by atoms with Gasteiger partial charge in [-0.15, -0.1) is 11.3 Å². The van der Waals surface area contributed by atoms with Gasteiger partial charge in [-0.2, -0.15) is 0 Å². The van der Waals surface area contributed by atoms with Crippen molar-refractivity contribution >= 4 is 32.2 Å². The second kappa shape index (κ2) is 10.3. The number of rotatable bonds is 4. The first-order chi connectivity index (χ1) is 22.5. The molecule has 0 fully saturated rings. The molecule has 0 bridgehead atoms. The Kier molecular flexibility index (Phi) is 6.06. The summed E-state index contributed by atoms with van der Waals surface area (Å²) in [7, 11) is 0. The van der Waals surface area contributed by atoms with Gasteiger partial charge < -0.3 is 0 Å². The largest absolute Gasteiger partial charge is 0.228 e. The van der Waals surface area contributed by atoms with Crippen molar-refractivity contribution in [1.29, 1.82) is 0 Å². The lowest BCUT2D eigenvalue weighted by molar-refractivity contribution is 0.661. The molecule has 0 unspecified atom stereocenters. The van der Waals surface area contributed by atoms with Crippen LogP contribution in [0.25, 0.3) is 76.3 Å². The predicted molar refractivity (Wildman–Crippen MR) is 194 cm³/mol. The standard InChI is InChI=1S/C43H30N2S/c1-43(2)35-20-11-19-33(41(35)34-23-28-14-6-7-15-29(28)24-36(34)43)38-26-37(44-42(45-38)27-12-4-3-5-13-27)30-17-10-18-31(22-30)40-25-32-16-8-9-21-39(32)46-40/h3-26H,1-2H3. The SMILES string of the molecule is CC1(C)c2cc3ccccc3cc2-c2c(-c3cc(-c4cccc(-c5cc6ccccc6s5)c4)nc(-c4ccccc4)n3)cccc21. The lowest BCUT2D eigenvalue weighted by Crippen LogP contribution is -2.14. The van der Waals surface area contributed by atoms with Gasteiger partial charge in [-0.1, -0.05) is 123 Å². The van der Waals surface area contributed by atoms with E-state index in [0.29, 0.717) is 0 Å². The Morgan fingerprint density at radius 3 is 1.98 bits per heavy atom. The van der Waals surface area contributed by atoms with Crippen LogP contribution in [0.4, 0.5) is 0 Å². The van der Waals surface area contributed by atoms with Crippen LogP contribution in [0.5, 0.6) is 0 Å². The van der Waals surface area contributed by atoms with Crippen molar-refractivity contribution in [3.63, 3.8) is 0 Å². The summed E-state index contributed by atoms with van der Waals surface area (Å²) in [6, 6.07) is 52.3. The number of nitrogens with zero attached hydrogens (tertiary/aromatic N) is 2. The number of hydrogen-bond acceptors (Lipinski definition) is 3. The first-order valence-electron chi connectivity index (χ1n) is 15.7. The van der Waals surface area contributed by atoms with E-state index in [1.54, 1.807) is 0 Å². The molecule has 0 aliphatic heterocycles. The van der Waals surface area contributed by atoms with E-state index in [0.717, 1.165) is 33.9 Å². The molecule has 6 aromatic carbocycles. The van der Waals surface area contributed by atoms with Crippen molar-refractivity contribution in [2.24, 2.45) is 0 Å². The zero-order valence-corrected chi connectivity index (χ0v) is 26.5. The number of fused-ring (bicyclic) bond motifs is 5. The van der Waals surface area contributed by atoms with E-state index in [1.807, 2.05) is 17.4 Å². The van der Waals surface area contributed by atoms with E-state index in [2.05, 4.69) is 153 Å². The topological polar surface area (TPSA) is 25.8 Å². The summed E-state index contributed by atoms with van der Waals surface area (Å²) in [6.07, 6.45) is 0. The molecule has 0 saturated carbocycles. The van der Waals surface area contributed by atoms with E-state index >= 15 is 0 Å². The van der Waals surface area contributed by atoms with Gasteiger partial charge in [-0.05, 0) is 80.4 Å². The Morgan fingerprint density at radius 1 is 0.478 bits per heavy atom. The fourth-order valence-corrected chi connectivity index (χ4v) is 8.15. The van der Waals surface area contributed by atoms with Crippen LogP contribution >= 0.6 is 11.3 Å². The second-order valence-corrected chi connectivity index (χ2v) is 13.7. The van der Waals surface area contributed by atoms with Crippen molar-refractivity contribution in [1.82, 2.24) is 9.97 Å². The number of benzene rings is 6. The van der Waals surface area contributed by atoms with Gasteiger partial charge in [-0.3, -0.25) is 0 Å². The van der Waals surface area contributed by atoms with Crippen LogP contribution in [-0.2, 0) is 5.41 Å². The van der Waals surface area contributed by atoms with Crippen LogP contribution in [0, 0.1) is 0 Å². The van der Waals surface area contributed by atoms with E-state index in [1.165, 1.54) is 53.6 Å². The summed E-state index contributed by atoms with van der Waals surface area (Å²) in [5.41, 5.74) is 11.4. The van der Waals surface area contributed by atoms with Crippen molar-refractivity contribution in [2.45, 2.75) is 19.3 Å². The Morgan fingerprint density at radius 2 is 1.15 bits per heavy atom. The summed E-state index contributed by atoms with van der Waals surface area (Å²) in [5.74, 6) is 0.731. The molecule has 3 heteroatoms. The predicted octanol–water partition coefficient (Wildman–Crippen LogP) is 11.8. The van der Waals surface area contributed by atoms with Crippen LogP contribution in [0.2, 0.25) is 0 Å². The Labute approximate surface area is 272 Å². The first kappa shape index (κ1) is 27.0. The molecule has 2 aromatic heterocycles. The summed E-state index contributed by atoms with van der Waals surface area (Å²) in [4.78, 5) is 11.7. The minimum atomic E-state index is -0.124. The number of hydrogen-bond donors (Lipinski definition) is 0. The normalized spacial score (nSPS) is 13.2. The second-order valence-electron chi connectivity index (χ2n) is 12.7. The Bertz CT molecular complexity index is 2420. The van der Waals surface area contributed by atoms with Crippen LogP contribution in [0.3, 0.4) is 0 Å². The van der Waals surface area contributed by atoms with Gasteiger partial charge in [0.15, 0.2) is 5.82 Å². The highest BCUT2D eigenvalue weighted by Crippen LogP contribution is 2.53. The summed E-state index contributed by atoms with van der Waals surface area (Å²) in [5, 5.41) is 3.81. The maximum Gasteiger partial charge on any atom is 0.160 e. The molecule has 0 N–H and O–H groups in total. The molecular formula is C43H30N2S. The molecule has 1 aliphatic rings. The molecule has 0 saturated heterocycles. The minimum Gasteiger partial charge on any atom is -0.228 e. The van der Waals surface area contributed by atoms with Crippen molar-refractivity contribution in [3.8, 4) is 55.5 Å². The van der Waals surface area contributed by atoms with Gasteiger partial charge in [0.2, 0.25) is 0 Å². The maximum atomic E-state index is 5.26. The lowest BCUT2D eigenvalue weighted by atomic mass is 9.81. The fraction of sp³-hybridized carbons (Fsp3) is 0.0698. The van der Waals surface area contributed by atoms with Gasteiger partial charge in [0, 0.05) is 31.7 Å². The summed E-state index contributed by atoms with van der Waals surface area (Å²) < 4.78 is 1.30. The van der Waals surface area contributed by atoms with Crippen molar-refractivity contribution in [2.75, 3.05) is 0 Å². The van der Waals surface area contributed by atoms with Crippen LogP contribution in [0.15, 0.2) is 146 Å². The van der Waals surface area contributed by atoms with Crippen LogP contribution in [-0.4, -0.2) is 9.97 Å². The molecule has 0 spiro atoms. The summed E-state index contributed by atoms with van der Waals surface area (Å²) >= 11 is 1.83. The third kappa shape index (κ3) is 4.31. The molecule has 1 aliphatic carbocycles. The third-order valence-corrected chi connectivity index (χ3v) is 10.6. The first-order valence-corrected chi connectivity index (χ1v) is 16.6. The number of thiophene rings is 1. The average Bonchev–Trinajstić information content (AvgIpc) is 3.64. The van der Waals surface area contributed by atoms with E-state index in [4.69, 9.17) is 9.97 Å². The summed E-state index contributed by atoms with van der Waals surface area (Å²) in [6.45, 7) is 4.69. The van der Waals surface area contributed by atoms with Crippen molar-refractivity contribution < 1.29 is 0 Å². The van der Waals surface area contributed by atoms with E-state index in [9.17, 15) is 0 Å². The maximum absolute atomic E-state index is 5.26. The highest BCUT2D eigenvalue weighted by Gasteiger charge is 2.37. The lowest BCUT2D eigenvalue weighted by Gasteiger charge is -2.22. The molecule has 0 radical (unpaired) electrons. The number of aromatic nitrogens is 2. The molecule has 46 heavy (non-hydrogen) atoms. The molecule has 0 atom stereocenters. The molecule has 2 heterocycles.